The average Bonchev–Trinajstić information content (AvgIpc) is 2.77. The minimum atomic E-state index is -1.02. The first kappa shape index (κ1) is 12.3. The lowest BCUT2D eigenvalue weighted by atomic mass is 10.0. The molecule has 0 bridgehead atoms. The number of fused-ring (bicyclic) bond motifs is 1. The van der Waals surface area contributed by atoms with E-state index in [1.165, 1.54) is 4.52 Å². The van der Waals surface area contributed by atoms with Gasteiger partial charge < -0.3 is 5.11 Å². The molecule has 0 aliphatic rings. The number of aryl methyl sites for hydroxylation is 2. The van der Waals surface area contributed by atoms with Crippen LogP contribution in [0.3, 0.4) is 0 Å². The van der Waals surface area contributed by atoms with Crippen molar-refractivity contribution in [1.29, 1.82) is 0 Å². The highest BCUT2D eigenvalue weighted by molar-refractivity contribution is 5.95. The van der Waals surface area contributed by atoms with Gasteiger partial charge in [0.25, 0.3) is 0 Å². The van der Waals surface area contributed by atoms with Gasteiger partial charge in [0.05, 0.1) is 0 Å². The van der Waals surface area contributed by atoms with Crippen LogP contribution >= 0.6 is 0 Å². The van der Waals surface area contributed by atoms with Crippen LogP contribution in [0, 0.1) is 13.8 Å². The molecule has 0 spiro atoms. The van der Waals surface area contributed by atoms with E-state index in [1.54, 1.807) is 31.6 Å². The molecule has 20 heavy (non-hydrogen) atoms. The Labute approximate surface area is 114 Å². The van der Waals surface area contributed by atoms with E-state index in [0.717, 1.165) is 16.7 Å². The highest BCUT2D eigenvalue weighted by Crippen LogP contribution is 2.24. The van der Waals surface area contributed by atoms with Gasteiger partial charge in [-0.05, 0) is 31.5 Å². The largest absolute Gasteiger partial charge is 0.478 e. The summed E-state index contributed by atoms with van der Waals surface area (Å²) in [6, 6.07) is 3.49. The van der Waals surface area contributed by atoms with Crippen LogP contribution in [-0.4, -0.2) is 30.7 Å². The smallest absolute Gasteiger partial charge is 0.339 e. The molecule has 3 aromatic rings. The number of aromatic carboxylic acids is 1. The van der Waals surface area contributed by atoms with Crippen molar-refractivity contribution in [3.63, 3.8) is 0 Å². The standard InChI is InChI=1S/C14H12N4O2/c1-8-3-4-15-6-12(8)10-5-11(14(19)20)13-16-9(2)17-18(13)7-10/h3-7H,1-2H3,(H,19,20). The van der Waals surface area contributed by atoms with Gasteiger partial charge in [-0.15, -0.1) is 0 Å². The van der Waals surface area contributed by atoms with Crippen molar-refractivity contribution in [2.75, 3.05) is 0 Å². The lowest BCUT2D eigenvalue weighted by Gasteiger charge is -2.07. The number of pyridine rings is 2. The molecule has 3 aromatic heterocycles. The molecule has 0 aromatic carbocycles. The quantitative estimate of drug-likeness (QED) is 0.769. The van der Waals surface area contributed by atoms with E-state index in [4.69, 9.17) is 0 Å². The number of hydrogen-bond donors (Lipinski definition) is 1. The Morgan fingerprint density at radius 1 is 1.35 bits per heavy atom. The van der Waals surface area contributed by atoms with Gasteiger partial charge in [-0.3, -0.25) is 4.98 Å². The molecular weight excluding hydrogens is 256 g/mol. The number of rotatable bonds is 2. The Morgan fingerprint density at radius 3 is 2.85 bits per heavy atom. The number of nitrogens with zero attached hydrogens (tertiary/aromatic N) is 4. The molecule has 3 heterocycles. The average molecular weight is 268 g/mol. The fourth-order valence-corrected chi connectivity index (χ4v) is 2.16. The number of carboxylic acid groups (broad SMARTS) is 1. The Balaban J connectivity index is 2.33. The summed E-state index contributed by atoms with van der Waals surface area (Å²) in [5.41, 5.74) is 3.13. The highest BCUT2D eigenvalue weighted by atomic mass is 16.4. The van der Waals surface area contributed by atoms with Gasteiger partial charge in [0.1, 0.15) is 11.4 Å². The minimum Gasteiger partial charge on any atom is -0.478 e. The van der Waals surface area contributed by atoms with Crippen LogP contribution in [0.4, 0.5) is 0 Å². The first-order valence-corrected chi connectivity index (χ1v) is 6.07. The second-order valence-electron chi connectivity index (χ2n) is 4.57. The van der Waals surface area contributed by atoms with Crippen molar-refractivity contribution in [1.82, 2.24) is 19.6 Å². The molecule has 0 aliphatic carbocycles. The normalized spacial score (nSPS) is 10.9. The maximum atomic E-state index is 11.4. The number of carbonyl (C=O) groups is 1. The maximum absolute atomic E-state index is 11.4. The molecule has 0 saturated carbocycles. The number of carboxylic acids is 1. The summed E-state index contributed by atoms with van der Waals surface area (Å²) < 4.78 is 1.50. The third kappa shape index (κ3) is 1.91. The van der Waals surface area contributed by atoms with Crippen LogP contribution in [0.5, 0.6) is 0 Å². The SMILES string of the molecule is Cc1nc2c(C(=O)O)cc(-c3cnccc3C)cn2n1. The van der Waals surface area contributed by atoms with Crippen molar-refractivity contribution in [2.24, 2.45) is 0 Å². The molecule has 1 N–H and O–H groups in total. The predicted octanol–water partition coefficient (Wildman–Crippen LogP) is 2.11. The van der Waals surface area contributed by atoms with Crippen molar-refractivity contribution >= 4 is 11.6 Å². The zero-order valence-electron chi connectivity index (χ0n) is 11.0. The van der Waals surface area contributed by atoms with Crippen LogP contribution in [0.15, 0.2) is 30.7 Å². The summed E-state index contributed by atoms with van der Waals surface area (Å²) in [5, 5.41) is 13.5. The summed E-state index contributed by atoms with van der Waals surface area (Å²) in [5.74, 6) is -0.488. The topological polar surface area (TPSA) is 80.4 Å². The predicted molar refractivity (Wildman–Crippen MR) is 72.7 cm³/mol. The molecule has 6 nitrogen and oxygen atoms in total. The van der Waals surface area contributed by atoms with Gasteiger partial charge in [0.2, 0.25) is 0 Å². The molecule has 0 amide bonds. The fraction of sp³-hybridized carbons (Fsp3) is 0.143. The van der Waals surface area contributed by atoms with E-state index in [2.05, 4.69) is 15.1 Å². The van der Waals surface area contributed by atoms with E-state index in [-0.39, 0.29) is 5.56 Å². The molecule has 6 heteroatoms. The van der Waals surface area contributed by atoms with Crippen molar-refractivity contribution in [3.8, 4) is 11.1 Å². The molecule has 0 fully saturated rings. The summed E-state index contributed by atoms with van der Waals surface area (Å²) >= 11 is 0. The Morgan fingerprint density at radius 2 is 2.15 bits per heavy atom. The van der Waals surface area contributed by atoms with Gasteiger partial charge in [0.15, 0.2) is 5.65 Å². The Bertz CT molecular complexity index is 823. The van der Waals surface area contributed by atoms with Crippen LogP contribution < -0.4 is 0 Å². The van der Waals surface area contributed by atoms with Gasteiger partial charge in [-0.2, -0.15) is 5.10 Å². The van der Waals surface area contributed by atoms with Gasteiger partial charge in [-0.1, -0.05) is 0 Å². The molecule has 0 saturated heterocycles. The van der Waals surface area contributed by atoms with Crippen molar-refractivity contribution < 1.29 is 9.90 Å². The van der Waals surface area contributed by atoms with Gasteiger partial charge in [0, 0.05) is 29.7 Å². The molecule has 3 rings (SSSR count). The minimum absolute atomic E-state index is 0.131. The fourth-order valence-electron chi connectivity index (χ4n) is 2.16. The van der Waals surface area contributed by atoms with Crippen LogP contribution in [0.1, 0.15) is 21.7 Å². The van der Waals surface area contributed by atoms with Crippen LogP contribution in [-0.2, 0) is 0 Å². The molecule has 0 radical (unpaired) electrons. The molecule has 0 aliphatic heterocycles. The van der Waals surface area contributed by atoms with E-state index in [1.807, 2.05) is 13.0 Å². The van der Waals surface area contributed by atoms with Gasteiger partial charge in [-0.25, -0.2) is 14.3 Å². The zero-order valence-corrected chi connectivity index (χ0v) is 11.0. The van der Waals surface area contributed by atoms with E-state index in [9.17, 15) is 9.90 Å². The third-order valence-corrected chi connectivity index (χ3v) is 3.12. The van der Waals surface area contributed by atoms with Crippen LogP contribution in [0.2, 0.25) is 0 Å². The number of hydrogen-bond acceptors (Lipinski definition) is 4. The Hall–Kier alpha value is -2.76. The van der Waals surface area contributed by atoms with E-state index >= 15 is 0 Å². The molecule has 0 atom stereocenters. The lowest BCUT2D eigenvalue weighted by molar-refractivity contribution is 0.0698. The molecular formula is C14H12N4O2. The summed E-state index contributed by atoms with van der Waals surface area (Å²) in [7, 11) is 0. The monoisotopic (exact) mass is 268 g/mol. The van der Waals surface area contributed by atoms with Crippen molar-refractivity contribution in [3.05, 3.63) is 47.7 Å². The lowest BCUT2D eigenvalue weighted by Crippen LogP contribution is -2.03. The molecule has 100 valence electrons. The van der Waals surface area contributed by atoms with Crippen molar-refractivity contribution in [2.45, 2.75) is 13.8 Å². The summed E-state index contributed by atoms with van der Waals surface area (Å²) in [6.07, 6.45) is 5.19. The zero-order chi connectivity index (χ0) is 14.3. The highest BCUT2D eigenvalue weighted by Gasteiger charge is 2.15. The summed E-state index contributed by atoms with van der Waals surface area (Å²) in [6.45, 7) is 3.68. The number of aromatic nitrogens is 4. The second-order valence-corrected chi connectivity index (χ2v) is 4.57. The van der Waals surface area contributed by atoms with Gasteiger partial charge >= 0.3 is 5.97 Å². The second kappa shape index (κ2) is 4.41. The van der Waals surface area contributed by atoms with E-state index < -0.39 is 5.97 Å². The van der Waals surface area contributed by atoms with E-state index in [0.29, 0.717) is 11.5 Å². The Kier molecular flexibility index (Phi) is 2.71. The maximum Gasteiger partial charge on any atom is 0.339 e. The third-order valence-electron chi connectivity index (χ3n) is 3.12. The van der Waals surface area contributed by atoms with Crippen LogP contribution in [0.25, 0.3) is 16.8 Å². The first-order chi connectivity index (χ1) is 9.56. The molecule has 0 unspecified atom stereocenters. The summed E-state index contributed by atoms with van der Waals surface area (Å²) in [4.78, 5) is 19.6. The first-order valence-electron chi connectivity index (χ1n) is 6.07.